The zero-order chi connectivity index (χ0) is 12.0. The van der Waals surface area contributed by atoms with Gasteiger partial charge in [-0.3, -0.25) is 4.79 Å². The van der Waals surface area contributed by atoms with Crippen molar-refractivity contribution >= 4 is 18.3 Å². The fourth-order valence-electron chi connectivity index (χ4n) is 1.61. The Bertz CT molecular complexity index is 339. The van der Waals surface area contributed by atoms with Crippen molar-refractivity contribution in [1.82, 2.24) is 5.32 Å². The van der Waals surface area contributed by atoms with Crippen LogP contribution in [0.15, 0.2) is 30.3 Å². The Morgan fingerprint density at radius 2 is 1.94 bits per heavy atom. The lowest BCUT2D eigenvalue weighted by Gasteiger charge is -2.22. The number of carbonyl (C=O) groups excluding carboxylic acids is 1. The molecular weight excluding hydrogens is 236 g/mol. The second-order valence-electron chi connectivity index (χ2n) is 4.34. The molecule has 1 aromatic rings. The average Bonchev–Trinajstić information content (AvgIpc) is 2.27. The quantitative estimate of drug-likeness (QED) is 0.849. The van der Waals surface area contributed by atoms with E-state index in [4.69, 9.17) is 5.73 Å². The standard InChI is InChI=1S/C13H20N2O.ClH/c1-3-9-13(2,14)12(16)15-10-11-7-5-4-6-8-11;/h4-8H,3,9-10,14H2,1-2H3,(H,15,16);1H. The first kappa shape index (κ1) is 15.9. The Morgan fingerprint density at radius 3 is 2.47 bits per heavy atom. The fraction of sp³-hybridized carbons (Fsp3) is 0.462. The smallest absolute Gasteiger partial charge is 0.240 e. The number of hydrogen-bond acceptors (Lipinski definition) is 2. The van der Waals surface area contributed by atoms with Gasteiger partial charge in [0.25, 0.3) is 0 Å². The van der Waals surface area contributed by atoms with E-state index in [1.807, 2.05) is 37.3 Å². The van der Waals surface area contributed by atoms with Crippen molar-refractivity contribution in [2.75, 3.05) is 0 Å². The summed E-state index contributed by atoms with van der Waals surface area (Å²) in [5.74, 6) is -0.0850. The first-order chi connectivity index (χ1) is 7.56. The Morgan fingerprint density at radius 1 is 1.35 bits per heavy atom. The van der Waals surface area contributed by atoms with Gasteiger partial charge in [0.15, 0.2) is 0 Å². The monoisotopic (exact) mass is 256 g/mol. The fourth-order valence-corrected chi connectivity index (χ4v) is 1.61. The number of halogens is 1. The summed E-state index contributed by atoms with van der Waals surface area (Å²) in [5.41, 5.74) is 6.25. The molecule has 1 unspecified atom stereocenters. The van der Waals surface area contributed by atoms with E-state index in [0.717, 1.165) is 12.0 Å². The van der Waals surface area contributed by atoms with Gasteiger partial charge in [-0.25, -0.2) is 0 Å². The van der Waals surface area contributed by atoms with Crippen LogP contribution in [0.5, 0.6) is 0 Å². The van der Waals surface area contributed by atoms with Crippen LogP contribution < -0.4 is 11.1 Å². The molecule has 0 heterocycles. The molecule has 1 amide bonds. The third-order valence-electron chi connectivity index (χ3n) is 2.58. The van der Waals surface area contributed by atoms with Crippen LogP contribution in [-0.2, 0) is 11.3 Å². The molecule has 4 heteroatoms. The zero-order valence-electron chi connectivity index (χ0n) is 10.4. The largest absolute Gasteiger partial charge is 0.350 e. The summed E-state index contributed by atoms with van der Waals surface area (Å²) in [6, 6.07) is 9.82. The number of rotatable bonds is 5. The molecule has 17 heavy (non-hydrogen) atoms. The van der Waals surface area contributed by atoms with Gasteiger partial charge in [-0.1, -0.05) is 43.7 Å². The Kier molecular flexibility index (Phi) is 6.85. The van der Waals surface area contributed by atoms with Gasteiger partial charge in [-0.2, -0.15) is 0 Å². The van der Waals surface area contributed by atoms with Gasteiger partial charge in [0.05, 0.1) is 5.54 Å². The molecule has 1 atom stereocenters. The summed E-state index contributed by atoms with van der Waals surface area (Å²) in [7, 11) is 0. The molecule has 96 valence electrons. The third-order valence-corrected chi connectivity index (χ3v) is 2.58. The van der Waals surface area contributed by atoms with Crippen LogP contribution in [0.4, 0.5) is 0 Å². The third kappa shape index (κ3) is 5.20. The maximum Gasteiger partial charge on any atom is 0.240 e. The Hall–Kier alpha value is -1.06. The number of hydrogen-bond donors (Lipinski definition) is 2. The van der Waals surface area contributed by atoms with Gasteiger partial charge in [0, 0.05) is 6.54 Å². The number of carbonyl (C=O) groups is 1. The lowest BCUT2D eigenvalue weighted by molar-refractivity contribution is -0.126. The van der Waals surface area contributed by atoms with Crippen molar-refractivity contribution in [2.24, 2.45) is 5.73 Å². The van der Waals surface area contributed by atoms with Crippen molar-refractivity contribution in [3.05, 3.63) is 35.9 Å². The predicted octanol–water partition coefficient (Wildman–Crippen LogP) is 2.24. The Balaban J connectivity index is 0.00000256. The maximum atomic E-state index is 11.8. The topological polar surface area (TPSA) is 55.1 Å². The highest BCUT2D eigenvalue weighted by molar-refractivity contribution is 5.85. The lowest BCUT2D eigenvalue weighted by atomic mass is 9.96. The molecule has 1 rings (SSSR count). The van der Waals surface area contributed by atoms with E-state index in [-0.39, 0.29) is 18.3 Å². The molecule has 0 bridgehead atoms. The van der Waals surface area contributed by atoms with Crippen molar-refractivity contribution < 1.29 is 4.79 Å². The summed E-state index contributed by atoms with van der Waals surface area (Å²) in [4.78, 5) is 11.8. The van der Waals surface area contributed by atoms with Gasteiger partial charge in [-0.15, -0.1) is 12.4 Å². The molecule has 0 aliphatic heterocycles. The first-order valence-corrected chi connectivity index (χ1v) is 5.67. The number of benzene rings is 1. The van der Waals surface area contributed by atoms with Crippen molar-refractivity contribution in [3.63, 3.8) is 0 Å². The molecule has 0 saturated carbocycles. The van der Waals surface area contributed by atoms with Crippen LogP contribution in [0.25, 0.3) is 0 Å². The van der Waals surface area contributed by atoms with Gasteiger partial charge < -0.3 is 11.1 Å². The van der Waals surface area contributed by atoms with Crippen LogP contribution in [-0.4, -0.2) is 11.4 Å². The molecule has 0 fully saturated rings. The van der Waals surface area contributed by atoms with E-state index in [0.29, 0.717) is 13.0 Å². The minimum Gasteiger partial charge on any atom is -0.350 e. The normalized spacial score (nSPS) is 13.4. The minimum atomic E-state index is -0.760. The van der Waals surface area contributed by atoms with E-state index in [9.17, 15) is 4.79 Å². The highest BCUT2D eigenvalue weighted by Crippen LogP contribution is 2.08. The molecule has 0 spiro atoms. The van der Waals surface area contributed by atoms with Crippen molar-refractivity contribution in [1.29, 1.82) is 0 Å². The predicted molar refractivity (Wildman–Crippen MR) is 73.0 cm³/mol. The van der Waals surface area contributed by atoms with Gasteiger partial charge in [0.1, 0.15) is 0 Å². The summed E-state index contributed by atoms with van der Waals surface area (Å²) < 4.78 is 0. The van der Waals surface area contributed by atoms with Gasteiger partial charge in [0.2, 0.25) is 5.91 Å². The highest BCUT2D eigenvalue weighted by Gasteiger charge is 2.26. The molecule has 3 nitrogen and oxygen atoms in total. The summed E-state index contributed by atoms with van der Waals surface area (Å²) >= 11 is 0. The summed E-state index contributed by atoms with van der Waals surface area (Å²) in [6.45, 7) is 4.34. The molecule has 3 N–H and O–H groups in total. The zero-order valence-corrected chi connectivity index (χ0v) is 11.2. The molecular formula is C13H21ClN2O. The van der Waals surface area contributed by atoms with Gasteiger partial charge >= 0.3 is 0 Å². The molecule has 0 radical (unpaired) electrons. The first-order valence-electron chi connectivity index (χ1n) is 5.67. The van der Waals surface area contributed by atoms with Crippen LogP contribution in [0.3, 0.4) is 0 Å². The molecule has 0 aromatic heterocycles. The lowest BCUT2D eigenvalue weighted by Crippen LogP contribution is -2.51. The SMILES string of the molecule is CCCC(C)(N)C(=O)NCc1ccccc1.Cl. The average molecular weight is 257 g/mol. The second kappa shape index (κ2) is 7.30. The van der Waals surface area contributed by atoms with E-state index in [2.05, 4.69) is 5.32 Å². The molecule has 0 aliphatic carbocycles. The van der Waals surface area contributed by atoms with Crippen LogP contribution in [0.2, 0.25) is 0 Å². The molecule has 0 saturated heterocycles. The summed E-state index contributed by atoms with van der Waals surface area (Å²) in [5, 5.41) is 2.86. The Labute approximate surface area is 109 Å². The van der Waals surface area contributed by atoms with E-state index in [1.54, 1.807) is 6.92 Å². The van der Waals surface area contributed by atoms with E-state index < -0.39 is 5.54 Å². The van der Waals surface area contributed by atoms with Gasteiger partial charge in [-0.05, 0) is 18.9 Å². The number of nitrogens with one attached hydrogen (secondary N) is 1. The maximum absolute atomic E-state index is 11.8. The van der Waals surface area contributed by atoms with E-state index in [1.165, 1.54) is 0 Å². The number of nitrogens with two attached hydrogens (primary N) is 1. The van der Waals surface area contributed by atoms with E-state index >= 15 is 0 Å². The van der Waals surface area contributed by atoms with Crippen LogP contribution >= 0.6 is 12.4 Å². The number of amides is 1. The molecule has 0 aliphatic rings. The molecule has 1 aromatic carbocycles. The van der Waals surface area contributed by atoms with Crippen molar-refractivity contribution in [2.45, 2.75) is 38.8 Å². The summed E-state index contributed by atoms with van der Waals surface area (Å²) in [6.07, 6.45) is 1.61. The van der Waals surface area contributed by atoms with Crippen LogP contribution in [0, 0.1) is 0 Å². The van der Waals surface area contributed by atoms with Crippen molar-refractivity contribution in [3.8, 4) is 0 Å². The second-order valence-corrected chi connectivity index (χ2v) is 4.34. The highest BCUT2D eigenvalue weighted by atomic mass is 35.5. The van der Waals surface area contributed by atoms with Crippen LogP contribution in [0.1, 0.15) is 32.3 Å². The minimum absolute atomic E-state index is 0.